The van der Waals surface area contributed by atoms with E-state index in [1.807, 2.05) is 0 Å². The topological polar surface area (TPSA) is 0 Å². The lowest BCUT2D eigenvalue weighted by atomic mass is 9.74. The van der Waals surface area contributed by atoms with Crippen molar-refractivity contribution in [1.82, 2.24) is 0 Å². The van der Waals surface area contributed by atoms with Crippen molar-refractivity contribution < 1.29 is 0 Å². The zero-order valence-electron chi connectivity index (χ0n) is 8.78. The van der Waals surface area contributed by atoms with Crippen LogP contribution in [0.15, 0.2) is 0 Å². The van der Waals surface area contributed by atoms with E-state index in [0.717, 1.165) is 5.92 Å². The second-order valence-electron chi connectivity index (χ2n) is 4.61. The summed E-state index contributed by atoms with van der Waals surface area (Å²) >= 11 is 0. The van der Waals surface area contributed by atoms with Crippen molar-refractivity contribution in [2.75, 3.05) is 0 Å². The molecular weight excluding hydrogens is 132 g/mol. The van der Waals surface area contributed by atoms with Gasteiger partial charge >= 0.3 is 0 Å². The number of hydrogen-bond acceptors (Lipinski definition) is 0. The first-order valence-corrected chi connectivity index (χ1v) is 4.73. The minimum absolute atomic E-state index is 0.412. The molecule has 0 heterocycles. The molecule has 0 saturated carbocycles. The van der Waals surface area contributed by atoms with Crippen LogP contribution in [0.4, 0.5) is 0 Å². The highest BCUT2D eigenvalue weighted by Gasteiger charge is 2.23. The number of hydrogen-bond donors (Lipinski definition) is 0. The van der Waals surface area contributed by atoms with Gasteiger partial charge in [-0.25, -0.2) is 0 Å². The van der Waals surface area contributed by atoms with Crippen LogP contribution in [0.25, 0.3) is 0 Å². The van der Waals surface area contributed by atoms with Crippen LogP contribution in [0.1, 0.15) is 47.5 Å². The maximum atomic E-state index is 4.10. The van der Waals surface area contributed by atoms with Gasteiger partial charge < -0.3 is 0 Å². The summed E-state index contributed by atoms with van der Waals surface area (Å²) in [5.41, 5.74) is 0.412. The summed E-state index contributed by atoms with van der Waals surface area (Å²) in [6.07, 6.45) is 2.59. The van der Waals surface area contributed by atoms with Gasteiger partial charge in [-0.3, -0.25) is 0 Å². The second kappa shape index (κ2) is 4.13. The summed E-state index contributed by atoms with van der Waals surface area (Å²) in [6, 6.07) is 0. The van der Waals surface area contributed by atoms with Crippen LogP contribution in [0.5, 0.6) is 0 Å². The van der Waals surface area contributed by atoms with Gasteiger partial charge in [0.15, 0.2) is 0 Å². The van der Waals surface area contributed by atoms with Gasteiger partial charge in [0.1, 0.15) is 0 Å². The fraction of sp³-hybridized carbons (Fsp3) is 0.909. The summed E-state index contributed by atoms with van der Waals surface area (Å²) in [6.45, 7) is 15.5. The second-order valence-corrected chi connectivity index (χ2v) is 4.61. The van der Waals surface area contributed by atoms with Crippen LogP contribution >= 0.6 is 0 Å². The lowest BCUT2D eigenvalue weighted by Gasteiger charge is -2.31. The van der Waals surface area contributed by atoms with E-state index in [4.69, 9.17) is 0 Å². The van der Waals surface area contributed by atoms with Crippen LogP contribution in [-0.4, -0.2) is 0 Å². The Hall–Kier alpha value is 0. The van der Waals surface area contributed by atoms with E-state index in [1.165, 1.54) is 12.8 Å². The molecule has 0 rings (SSSR count). The van der Waals surface area contributed by atoms with E-state index >= 15 is 0 Å². The maximum Gasteiger partial charge on any atom is -0.0326 e. The molecule has 0 N–H and O–H groups in total. The fourth-order valence-corrected chi connectivity index (χ4v) is 1.24. The molecule has 0 amide bonds. The molecule has 0 spiro atoms. The molecule has 0 aromatic carbocycles. The summed E-state index contributed by atoms with van der Waals surface area (Å²) < 4.78 is 0. The molecule has 0 bridgehead atoms. The molecule has 2 unspecified atom stereocenters. The molecule has 0 aliphatic heterocycles. The average molecular weight is 155 g/mol. The third-order valence-corrected chi connectivity index (χ3v) is 2.91. The number of rotatable bonds is 4. The standard InChI is InChI=1S/C11H23/c1-7-10(4)8-11(5,6)9(2)3/h9-10H,2,7-8H2,1,3-6H3. The largest absolute Gasteiger partial charge is 0.0651 e. The van der Waals surface area contributed by atoms with E-state index in [1.54, 1.807) is 0 Å². The highest BCUT2D eigenvalue weighted by atomic mass is 14.3. The molecule has 1 radical (unpaired) electrons. The van der Waals surface area contributed by atoms with Gasteiger partial charge in [0.25, 0.3) is 0 Å². The van der Waals surface area contributed by atoms with Gasteiger partial charge in [-0.15, -0.1) is 0 Å². The Morgan fingerprint density at radius 2 is 1.73 bits per heavy atom. The van der Waals surface area contributed by atoms with Crippen molar-refractivity contribution in [2.24, 2.45) is 17.3 Å². The van der Waals surface area contributed by atoms with E-state index in [9.17, 15) is 0 Å². The lowest BCUT2D eigenvalue weighted by Crippen LogP contribution is -2.22. The molecule has 0 aliphatic rings. The zero-order chi connectivity index (χ0) is 9.07. The zero-order valence-corrected chi connectivity index (χ0v) is 8.78. The molecule has 0 saturated heterocycles. The lowest BCUT2D eigenvalue weighted by molar-refractivity contribution is 0.209. The van der Waals surface area contributed by atoms with Crippen molar-refractivity contribution >= 4 is 0 Å². The maximum absolute atomic E-state index is 4.10. The predicted molar refractivity (Wildman–Crippen MR) is 52.4 cm³/mol. The summed E-state index contributed by atoms with van der Waals surface area (Å²) in [5, 5.41) is 0. The Morgan fingerprint density at radius 3 is 2.00 bits per heavy atom. The monoisotopic (exact) mass is 155 g/mol. The third-order valence-electron chi connectivity index (χ3n) is 2.91. The highest BCUT2D eigenvalue weighted by Crippen LogP contribution is 2.33. The molecule has 0 nitrogen and oxygen atoms in total. The van der Waals surface area contributed by atoms with Crippen molar-refractivity contribution in [3.05, 3.63) is 6.92 Å². The Labute approximate surface area is 72.4 Å². The smallest absolute Gasteiger partial charge is 0.0326 e. The molecule has 67 valence electrons. The van der Waals surface area contributed by atoms with Gasteiger partial charge in [0, 0.05) is 0 Å². The SMILES string of the molecule is [CH2]C(C)C(C)(C)CC(C)CC. The van der Waals surface area contributed by atoms with Crippen LogP contribution in [0.2, 0.25) is 0 Å². The molecule has 2 atom stereocenters. The first-order chi connectivity index (χ1) is 4.90. The van der Waals surface area contributed by atoms with Gasteiger partial charge in [0.05, 0.1) is 0 Å². The molecule has 11 heavy (non-hydrogen) atoms. The van der Waals surface area contributed by atoms with Crippen molar-refractivity contribution in [3.63, 3.8) is 0 Å². The fourth-order valence-electron chi connectivity index (χ4n) is 1.24. The molecule has 0 fully saturated rings. The molecular formula is C11H23. The highest BCUT2D eigenvalue weighted by molar-refractivity contribution is 4.78. The van der Waals surface area contributed by atoms with E-state index in [2.05, 4.69) is 41.5 Å². The van der Waals surface area contributed by atoms with Crippen LogP contribution < -0.4 is 0 Å². The van der Waals surface area contributed by atoms with Crippen LogP contribution in [-0.2, 0) is 0 Å². The Balaban J connectivity index is 3.90. The molecule has 0 heteroatoms. The summed E-state index contributed by atoms with van der Waals surface area (Å²) in [5.74, 6) is 1.39. The van der Waals surface area contributed by atoms with Crippen molar-refractivity contribution in [2.45, 2.75) is 47.5 Å². The van der Waals surface area contributed by atoms with Crippen LogP contribution in [0.3, 0.4) is 0 Å². The van der Waals surface area contributed by atoms with Gasteiger partial charge in [-0.1, -0.05) is 41.0 Å². The van der Waals surface area contributed by atoms with E-state index in [0.29, 0.717) is 11.3 Å². The summed E-state index contributed by atoms with van der Waals surface area (Å²) in [7, 11) is 0. The quantitative estimate of drug-likeness (QED) is 0.577. The van der Waals surface area contributed by atoms with E-state index in [-0.39, 0.29) is 0 Å². The first kappa shape index (κ1) is 11.0. The molecule has 0 aromatic heterocycles. The average Bonchev–Trinajstić information content (AvgIpc) is 1.86. The van der Waals surface area contributed by atoms with Crippen molar-refractivity contribution in [1.29, 1.82) is 0 Å². The first-order valence-electron chi connectivity index (χ1n) is 4.73. The predicted octanol–water partition coefficient (Wildman–Crippen LogP) is 3.92. The summed E-state index contributed by atoms with van der Waals surface area (Å²) in [4.78, 5) is 0. The molecule has 0 aliphatic carbocycles. The van der Waals surface area contributed by atoms with Gasteiger partial charge in [-0.05, 0) is 30.6 Å². The normalized spacial score (nSPS) is 15.5. The van der Waals surface area contributed by atoms with Crippen molar-refractivity contribution in [3.8, 4) is 0 Å². The minimum Gasteiger partial charge on any atom is -0.0651 e. The minimum atomic E-state index is 0.412. The third kappa shape index (κ3) is 3.79. The Kier molecular flexibility index (Phi) is 4.13. The Morgan fingerprint density at radius 1 is 1.27 bits per heavy atom. The van der Waals surface area contributed by atoms with E-state index < -0.39 is 0 Å². The molecule has 0 aromatic rings. The van der Waals surface area contributed by atoms with Gasteiger partial charge in [-0.2, -0.15) is 0 Å². The van der Waals surface area contributed by atoms with Crippen LogP contribution in [0, 0.1) is 24.2 Å². The van der Waals surface area contributed by atoms with Gasteiger partial charge in [0.2, 0.25) is 0 Å². The Bertz CT molecular complexity index is 101.